The van der Waals surface area contributed by atoms with Crippen molar-refractivity contribution in [2.24, 2.45) is 5.92 Å². The monoisotopic (exact) mass is 238 g/mol. The van der Waals surface area contributed by atoms with Crippen LogP contribution in [0.15, 0.2) is 11.8 Å². The van der Waals surface area contributed by atoms with Crippen molar-refractivity contribution in [3.8, 4) is 0 Å². The molecule has 2 amide bonds. The molecular weight excluding hydrogens is 216 g/mol. The summed E-state index contributed by atoms with van der Waals surface area (Å²) in [5.74, 6) is 0.681. The summed E-state index contributed by atoms with van der Waals surface area (Å²) in [7, 11) is 0. The summed E-state index contributed by atoms with van der Waals surface area (Å²) in [5, 5.41) is 2.90. The van der Waals surface area contributed by atoms with Gasteiger partial charge in [-0.25, -0.2) is 4.79 Å². The van der Waals surface area contributed by atoms with Gasteiger partial charge in [0.15, 0.2) is 0 Å². The fourth-order valence-corrected chi connectivity index (χ4v) is 2.53. The number of urea groups is 1. The lowest BCUT2D eigenvalue weighted by molar-refractivity contribution is 0.0540. The number of rotatable bonds is 2. The zero-order valence-corrected chi connectivity index (χ0v) is 10.6. The number of hydrogen-bond acceptors (Lipinski definition) is 2. The number of carbonyl (C=O) groups excluding carboxylic acids is 1. The van der Waals surface area contributed by atoms with E-state index in [0.717, 1.165) is 0 Å². The highest BCUT2D eigenvalue weighted by atomic mass is 16.5. The first-order valence-electron chi connectivity index (χ1n) is 6.57. The van der Waals surface area contributed by atoms with E-state index in [1.807, 2.05) is 11.1 Å². The lowest BCUT2D eigenvalue weighted by Gasteiger charge is -2.26. The van der Waals surface area contributed by atoms with E-state index < -0.39 is 0 Å². The average molecular weight is 238 g/mol. The van der Waals surface area contributed by atoms with E-state index in [1.54, 1.807) is 0 Å². The Morgan fingerprint density at radius 3 is 2.59 bits per heavy atom. The highest BCUT2D eigenvalue weighted by Crippen LogP contribution is 2.30. The molecule has 2 rings (SSSR count). The normalized spacial score (nSPS) is 22.9. The van der Waals surface area contributed by atoms with Crippen LogP contribution < -0.4 is 5.32 Å². The van der Waals surface area contributed by atoms with Gasteiger partial charge < -0.3 is 15.0 Å². The summed E-state index contributed by atoms with van der Waals surface area (Å²) in [5.41, 5.74) is 1.31. The third-order valence-corrected chi connectivity index (χ3v) is 3.72. The van der Waals surface area contributed by atoms with Crippen LogP contribution in [0.1, 0.15) is 32.6 Å². The van der Waals surface area contributed by atoms with Crippen LogP contribution in [0.5, 0.6) is 0 Å². The minimum Gasteiger partial charge on any atom is -0.378 e. The van der Waals surface area contributed by atoms with E-state index in [2.05, 4.69) is 12.2 Å². The van der Waals surface area contributed by atoms with Gasteiger partial charge in [0, 0.05) is 19.3 Å². The van der Waals surface area contributed by atoms with Gasteiger partial charge >= 0.3 is 6.03 Å². The molecule has 96 valence electrons. The van der Waals surface area contributed by atoms with Crippen molar-refractivity contribution in [1.29, 1.82) is 0 Å². The molecule has 1 aliphatic heterocycles. The van der Waals surface area contributed by atoms with Gasteiger partial charge in [-0.3, -0.25) is 0 Å². The fraction of sp³-hybridized carbons (Fsp3) is 0.769. The molecule has 0 radical (unpaired) electrons. The number of amides is 2. The van der Waals surface area contributed by atoms with Crippen LogP contribution in [0.4, 0.5) is 4.79 Å². The SMILES string of the molecule is C/C(=C\NC(=O)N1CCOCC1)C1CCCC1. The molecule has 1 aliphatic carbocycles. The minimum absolute atomic E-state index is 0.00523. The summed E-state index contributed by atoms with van der Waals surface area (Å²) in [6.45, 7) is 4.82. The maximum Gasteiger partial charge on any atom is 0.321 e. The molecule has 0 unspecified atom stereocenters. The lowest BCUT2D eigenvalue weighted by Crippen LogP contribution is -2.44. The second kappa shape index (κ2) is 6.05. The van der Waals surface area contributed by atoms with Gasteiger partial charge in [-0.2, -0.15) is 0 Å². The molecular formula is C13H22N2O2. The first kappa shape index (κ1) is 12.4. The smallest absolute Gasteiger partial charge is 0.321 e. The van der Waals surface area contributed by atoms with Crippen LogP contribution in [0, 0.1) is 5.92 Å². The van der Waals surface area contributed by atoms with Crippen LogP contribution in [-0.4, -0.2) is 37.2 Å². The van der Waals surface area contributed by atoms with Gasteiger partial charge in [-0.1, -0.05) is 18.4 Å². The maximum atomic E-state index is 11.8. The fourth-order valence-electron chi connectivity index (χ4n) is 2.53. The number of ether oxygens (including phenoxy) is 1. The summed E-state index contributed by atoms with van der Waals surface area (Å²) in [6, 6.07) is 0.00523. The molecule has 0 aromatic rings. The van der Waals surface area contributed by atoms with E-state index in [0.29, 0.717) is 32.2 Å². The number of morpholine rings is 1. The van der Waals surface area contributed by atoms with Gasteiger partial charge in [0.05, 0.1) is 13.2 Å². The standard InChI is InChI=1S/C13H22N2O2/c1-11(12-4-2-3-5-12)10-14-13(16)15-6-8-17-9-7-15/h10,12H,2-9H2,1H3,(H,14,16)/b11-10+. The average Bonchev–Trinajstić information content (AvgIpc) is 2.90. The zero-order chi connectivity index (χ0) is 12.1. The summed E-state index contributed by atoms with van der Waals surface area (Å²) >= 11 is 0. The summed E-state index contributed by atoms with van der Waals surface area (Å²) < 4.78 is 5.22. The van der Waals surface area contributed by atoms with Crippen LogP contribution in [0.3, 0.4) is 0 Å². The Hall–Kier alpha value is -1.03. The van der Waals surface area contributed by atoms with Crippen molar-refractivity contribution in [1.82, 2.24) is 10.2 Å². The zero-order valence-electron chi connectivity index (χ0n) is 10.6. The first-order valence-corrected chi connectivity index (χ1v) is 6.57. The number of hydrogen-bond donors (Lipinski definition) is 1. The highest BCUT2D eigenvalue weighted by molar-refractivity contribution is 5.75. The first-order chi connectivity index (χ1) is 8.27. The molecule has 0 aromatic carbocycles. The molecule has 1 heterocycles. The van der Waals surface area contributed by atoms with E-state index in [-0.39, 0.29) is 6.03 Å². The molecule has 1 N–H and O–H groups in total. The van der Waals surface area contributed by atoms with Gasteiger partial charge in [-0.05, 0) is 25.7 Å². The van der Waals surface area contributed by atoms with Gasteiger partial charge in [-0.15, -0.1) is 0 Å². The molecule has 1 saturated carbocycles. The molecule has 4 heteroatoms. The number of carbonyl (C=O) groups is 1. The van der Waals surface area contributed by atoms with Gasteiger partial charge in [0.2, 0.25) is 0 Å². The van der Waals surface area contributed by atoms with Crippen molar-refractivity contribution < 1.29 is 9.53 Å². The van der Waals surface area contributed by atoms with E-state index in [4.69, 9.17) is 4.74 Å². The highest BCUT2D eigenvalue weighted by Gasteiger charge is 2.18. The molecule has 1 saturated heterocycles. The van der Waals surface area contributed by atoms with Crippen LogP contribution in [-0.2, 0) is 4.74 Å². The predicted molar refractivity (Wildman–Crippen MR) is 66.6 cm³/mol. The largest absolute Gasteiger partial charge is 0.378 e. The lowest BCUT2D eigenvalue weighted by atomic mass is 10.0. The van der Waals surface area contributed by atoms with Crippen molar-refractivity contribution >= 4 is 6.03 Å². The Morgan fingerprint density at radius 1 is 1.29 bits per heavy atom. The summed E-state index contributed by atoms with van der Waals surface area (Å²) in [6.07, 6.45) is 7.10. The van der Waals surface area contributed by atoms with Gasteiger partial charge in [0.25, 0.3) is 0 Å². The molecule has 17 heavy (non-hydrogen) atoms. The quantitative estimate of drug-likeness (QED) is 0.800. The topological polar surface area (TPSA) is 41.6 Å². The van der Waals surface area contributed by atoms with E-state index >= 15 is 0 Å². The van der Waals surface area contributed by atoms with E-state index in [9.17, 15) is 4.79 Å². The van der Waals surface area contributed by atoms with Crippen molar-refractivity contribution in [2.75, 3.05) is 26.3 Å². The van der Waals surface area contributed by atoms with Crippen LogP contribution in [0.2, 0.25) is 0 Å². The molecule has 0 spiro atoms. The molecule has 0 atom stereocenters. The van der Waals surface area contributed by atoms with Crippen LogP contribution >= 0.6 is 0 Å². The van der Waals surface area contributed by atoms with Crippen molar-refractivity contribution in [2.45, 2.75) is 32.6 Å². The summed E-state index contributed by atoms with van der Waals surface area (Å²) in [4.78, 5) is 13.6. The molecule has 2 aliphatic rings. The Labute approximate surface area is 103 Å². The number of allylic oxidation sites excluding steroid dienone is 1. The molecule has 4 nitrogen and oxygen atoms in total. The third kappa shape index (κ3) is 3.46. The molecule has 2 fully saturated rings. The Kier molecular flexibility index (Phi) is 4.42. The van der Waals surface area contributed by atoms with Crippen LogP contribution in [0.25, 0.3) is 0 Å². The third-order valence-electron chi connectivity index (χ3n) is 3.72. The Balaban J connectivity index is 1.79. The predicted octanol–water partition coefficient (Wildman–Crippen LogP) is 2.12. The minimum atomic E-state index is 0.00523. The second-order valence-electron chi connectivity index (χ2n) is 4.92. The van der Waals surface area contributed by atoms with E-state index in [1.165, 1.54) is 31.3 Å². The van der Waals surface area contributed by atoms with Gasteiger partial charge in [0.1, 0.15) is 0 Å². The van der Waals surface area contributed by atoms with Crippen molar-refractivity contribution in [3.05, 3.63) is 11.8 Å². The Morgan fingerprint density at radius 2 is 1.94 bits per heavy atom. The van der Waals surface area contributed by atoms with Crippen molar-refractivity contribution in [3.63, 3.8) is 0 Å². The Bertz CT molecular complexity index is 290. The maximum absolute atomic E-state index is 11.8. The molecule has 0 bridgehead atoms. The number of nitrogens with one attached hydrogen (secondary N) is 1. The second-order valence-corrected chi connectivity index (χ2v) is 4.92. The number of nitrogens with zero attached hydrogens (tertiary/aromatic N) is 1. The molecule has 0 aromatic heterocycles.